The Bertz CT molecular complexity index is 803. The fourth-order valence-electron chi connectivity index (χ4n) is 3.47. The van der Waals surface area contributed by atoms with E-state index in [1.807, 2.05) is 6.07 Å². The Labute approximate surface area is 138 Å². The van der Waals surface area contributed by atoms with Gasteiger partial charge in [-0.1, -0.05) is 0 Å². The molecule has 0 radical (unpaired) electrons. The molecule has 2 fully saturated rings. The maximum Gasteiger partial charge on any atom is 0.246 e. The molecule has 1 aromatic carbocycles. The van der Waals surface area contributed by atoms with E-state index in [1.165, 1.54) is 12.1 Å². The SMILES string of the molecule is O=C1CO[C@H]2CCN(C(=O)Cn3ccc4ccc(F)cc43)C[C@@H]2N1. The molecule has 0 unspecified atom stereocenters. The van der Waals surface area contributed by atoms with E-state index in [1.54, 1.807) is 21.7 Å². The molecular weight excluding hydrogens is 313 g/mol. The Morgan fingerprint density at radius 2 is 2.25 bits per heavy atom. The van der Waals surface area contributed by atoms with Crippen molar-refractivity contribution in [2.45, 2.75) is 25.1 Å². The Kier molecular flexibility index (Phi) is 3.72. The summed E-state index contributed by atoms with van der Waals surface area (Å²) in [7, 11) is 0. The van der Waals surface area contributed by atoms with Gasteiger partial charge in [0, 0.05) is 19.3 Å². The maximum atomic E-state index is 13.4. The number of rotatable bonds is 2. The zero-order chi connectivity index (χ0) is 16.7. The zero-order valence-corrected chi connectivity index (χ0v) is 13.1. The molecule has 2 saturated heterocycles. The summed E-state index contributed by atoms with van der Waals surface area (Å²) < 4.78 is 20.7. The van der Waals surface area contributed by atoms with E-state index in [9.17, 15) is 14.0 Å². The minimum absolute atomic E-state index is 0.0201. The van der Waals surface area contributed by atoms with Crippen LogP contribution in [-0.2, 0) is 20.9 Å². The zero-order valence-electron chi connectivity index (χ0n) is 13.1. The molecule has 0 spiro atoms. The molecule has 2 aliphatic rings. The van der Waals surface area contributed by atoms with Crippen molar-refractivity contribution < 1.29 is 18.7 Å². The summed E-state index contributed by atoms with van der Waals surface area (Å²) in [5, 5.41) is 3.78. The molecule has 1 aromatic heterocycles. The highest BCUT2D eigenvalue weighted by molar-refractivity contribution is 5.83. The van der Waals surface area contributed by atoms with Crippen molar-refractivity contribution in [2.75, 3.05) is 19.7 Å². The summed E-state index contributed by atoms with van der Waals surface area (Å²) in [5.41, 5.74) is 0.701. The normalized spacial score (nSPS) is 23.9. The summed E-state index contributed by atoms with van der Waals surface area (Å²) in [6.07, 6.45) is 2.48. The Morgan fingerprint density at radius 1 is 1.38 bits per heavy atom. The molecule has 0 aliphatic carbocycles. The molecule has 1 N–H and O–H groups in total. The van der Waals surface area contributed by atoms with E-state index in [4.69, 9.17) is 4.74 Å². The number of piperidine rings is 1. The third-order valence-corrected chi connectivity index (χ3v) is 4.72. The number of hydrogen-bond acceptors (Lipinski definition) is 3. The van der Waals surface area contributed by atoms with Crippen LogP contribution in [0.5, 0.6) is 0 Å². The third-order valence-electron chi connectivity index (χ3n) is 4.72. The fourth-order valence-corrected chi connectivity index (χ4v) is 3.47. The lowest BCUT2D eigenvalue weighted by molar-refractivity contribution is -0.146. The maximum absolute atomic E-state index is 13.4. The number of amides is 2. The lowest BCUT2D eigenvalue weighted by Gasteiger charge is -2.41. The highest BCUT2D eigenvalue weighted by atomic mass is 19.1. The van der Waals surface area contributed by atoms with Gasteiger partial charge >= 0.3 is 0 Å². The van der Waals surface area contributed by atoms with Crippen LogP contribution in [0.2, 0.25) is 0 Å². The number of carbonyl (C=O) groups is 2. The number of carbonyl (C=O) groups excluding carboxylic acids is 2. The van der Waals surface area contributed by atoms with Crippen LogP contribution in [0, 0.1) is 5.82 Å². The summed E-state index contributed by atoms with van der Waals surface area (Å²) in [4.78, 5) is 25.8. The topological polar surface area (TPSA) is 63.6 Å². The van der Waals surface area contributed by atoms with Crippen LogP contribution in [0.1, 0.15) is 6.42 Å². The van der Waals surface area contributed by atoms with Crippen molar-refractivity contribution >= 4 is 22.7 Å². The standard InChI is InChI=1S/C17H18FN3O3/c18-12-2-1-11-3-5-20(14(11)7-12)9-17(23)21-6-4-15-13(8-21)19-16(22)10-24-15/h1-3,5,7,13,15H,4,6,8-10H2,(H,19,22)/t13-,15-/m0/s1. The van der Waals surface area contributed by atoms with Gasteiger partial charge < -0.3 is 19.5 Å². The lowest BCUT2D eigenvalue weighted by Crippen LogP contribution is -2.61. The van der Waals surface area contributed by atoms with Crippen molar-refractivity contribution in [1.82, 2.24) is 14.8 Å². The molecule has 2 aliphatic heterocycles. The summed E-state index contributed by atoms with van der Waals surface area (Å²) in [6, 6.07) is 6.26. The van der Waals surface area contributed by atoms with Crippen LogP contribution in [-0.4, -0.2) is 53.1 Å². The van der Waals surface area contributed by atoms with Gasteiger partial charge in [0.15, 0.2) is 0 Å². The molecule has 6 nitrogen and oxygen atoms in total. The second-order valence-corrected chi connectivity index (χ2v) is 6.30. The van der Waals surface area contributed by atoms with Gasteiger partial charge in [-0.3, -0.25) is 9.59 Å². The molecule has 24 heavy (non-hydrogen) atoms. The van der Waals surface area contributed by atoms with Gasteiger partial charge in [-0.15, -0.1) is 0 Å². The van der Waals surface area contributed by atoms with Gasteiger partial charge in [0.05, 0.1) is 17.7 Å². The smallest absolute Gasteiger partial charge is 0.246 e. The first kappa shape index (κ1) is 15.1. The van der Waals surface area contributed by atoms with Crippen LogP contribution in [0.3, 0.4) is 0 Å². The van der Waals surface area contributed by atoms with Crippen molar-refractivity contribution in [3.05, 3.63) is 36.3 Å². The molecule has 3 heterocycles. The second-order valence-electron chi connectivity index (χ2n) is 6.30. The van der Waals surface area contributed by atoms with Crippen molar-refractivity contribution in [3.63, 3.8) is 0 Å². The number of hydrogen-bond donors (Lipinski definition) is 1. The predicted molar refractivity (Wildman–Crippen MR) is 84.8 cm³/mol. The van der Waals surface area contributed by atoms with Gasteiger partial charge in [-0.25, -0.2) is 4.39 Å². The minimum Gasteiger partial charge on any atom is -0.366 e. The van der Waals surface area contributed by atoms with Crippen molar-refractivity contribution in [3.8, 4) is 0 Å². The van der Waals surface area contributed by atoms with Gasteiger partial charge in [0.1, 0.15) is 19.0 Å². The first-order valence-corrected chi connectivity index (χ1v) is 8.03. The highest BCUT2D eigenvalue weighted by Crippen LogP contribution is 2.20. The first-order chi connectivity index (χ1) is 11.6. The lowest BCUT2D eigenvalue weighted by atomic mass is 10.0. The number of likely N-dealkylation sites (tertiary alicyclic amines) is 1. The number of morpholine rings is 1. The number of nitrogens with one attached hydrogen (secondary N) is 1. The van der Waals surface area contributed by atoms with E-state index in [2.05, 4.69) is 5.32 Å². The molecular formula is C17H18FN3O3. The van der Waals surface area contributed by atoms with Crippen LogP contribution in [0.4, 0.5) is 4.39 Å². The van der Waals surface area contributed by atoms with Crippen LogP contribution in [0.25, 0.3) is 10.9 Å². The summed E-state index contributed by atoms with van der Waals surface area (Å²) >= 11 is 0. The Morgan fingerprint density at radius 3 is 3.12 bits per heavy atom. The van der Waals surface area contributed by atoms with Crippen LogP contribution < -0.4 is 5.32 Å². The van der Waals surface area contributed by atoms with E-state index in [0.29, 0.717) is 25.0 Å². The molecule has 2 atom stereocenters. The molecule has 2 aromatic rings. The number of halogens is 1. The molecule has 7 heteroatoms. The largest absolute Gasteiger partial charge is 0.366 e. The average Bonchev–Trinajstić information content (AvgIpc) is 2.96. The van der Waals surface area contributed by atoms with E-state index < -0.39 is 0 Å². The van der Waals surface area contributed by atoms with Crippen LogP contribution >= 0.6 is 0 Å². The second kappa shape index (κ2) is 5.90. The average molecular weight is 331 g/mol. The molecule has 0 saturated carbocycles. The van der Waals surface area contributed by atoms with E-state index in [-0.39, 0.29) is 42.9 Å². The molecule has 0 bridgehead atoms. The highest BCUT2D eigenvalue weighted by Gasteiger charge is 2.36. The number of nitrogens with zero attached hydrogens (tertiary/aromatic N) is 2. The van der Waals surface area contributed by atoms with Gasteiger partial charge in [-0.05, 0) is 36.1 Å². The molecule has 4 rings (SSSR count). The number of fused-ring (bicyclic) bond motifs is 2. The first-order valence-electron chi connectivity index (χ1n) is 8.03. The van der Waals surface area contributed by atoms with Crippen LogP contribution in [0.15, 0.2) is 30.5 Å². The Balaban J connectivity index is 1.47. The monoisotopic (exact) mass is 331 g/mol. The van der Waals surface area contributed by atoms with Gasteiger partial charge in [-0.2, -0.15) is 0 Å². The third kappa shape index (κ3) is 2.75. The van der Waals surface area contributed by atoms with Gasteiger partial charge in [0.25, 0.3) is 0 Å². The van der Waals surface area contributed by atoms with E-state index in [0.717, 1.165) is 5.39 Å². The molecule has 2 amide bonds. The summed E-state index contributed by atoms with van der Waals surface area (Å²) in [5.74, 6) is -0.509. The van der Waals surface area contributed by atoms with Crippen molar-refractivity contribution in [1.29, 1.82) is 0 Å². The quantitative estimate of drug-likeness (QED) is 0.889. The summed E-state index contributed by atoms with van der Waals surface area (Å²) in [6.45, 7) is 1.29. The number of ether oxygens (including phenoxy) is 1. The fraction of sp³-hybridized carbons (Fsp3) is 0.412. The number of aromatic nitrogens is 1. The molecule has 126 valence electrons. The van der Waals surface area contributed by atoms with E-state index >= 15 is 0 Å². The Hall–Kier alpha value is -2.41. The van der Waals surface area contributed by atoms with Gasteiger partial charge in [0.2, 0.25) is 11.8 Å². The minimum atomic E-state index is -0.321. The predicted octanol–water partition coefficient (Wildman–Crippen LogP) is 0.896. The van der Waals surface area contributed by atoms with Crippen molar-refractivity contribution in [2.24, 2.45) is 0 Å². The number of benzene rings is 1.